The number of carbonyl (C=O) groups is 2. The van der Waals surface area contributed by atoms with Gasteiger partial charge in [0.1, 0.15) is 5.03 Å². The molecule has 0 aliphatic carbocycles. The van der Waals surface area contributed by atoms with Crippen molar-refractivity contribution in [3.8, 4) is 0 Å². The second kappa shape index (κ2) is 6.73. The summed E-state index contributed by atoms with van der Waals surface area (Å²) in [6.07, 6.45) is 3.22. The minimum atomic E-state index is -1.01. The molecular formula is C19H14N4O3S. The molecule has 0 unspecified atom stereocenters. The molecule has 1 aromatic carbocycles. The minimum Gasteiger partial charge on any atom is -0.478 e. The van der Waals surface area contributed by atoms with Crippen LogP contribution in [0.2, 0.25) is 0 Å². The molecule has 3 heterocycles. The predicted molar refractivity (Wildman–Crippen MR) is 103 cm³/mol. The van der Waals surface area contributed by atoms with Crippen LogP contribution in [0.4, 0.5) is 5.69 Å². The average molecular weight is 378 g/mol. The van der Waals surface area contributed by atoms with Crippen molar-refractivity contribution in [3.05, 3.63) is 71.1 Å². The van der Waals surface area contributed by atoms with Crippen LogP contribution in [0.1, 0.15) is 22.8 Å². The molecule has 0 spiro atoms. The van der Waals surface area contributed by atoms with Gasteiger partial charge in [0.05, 0.1) is 22.5 Å². The number of hydrogen-bond donors (Lipinski definition) is 3. The van der Waals surface area contributed by atoms with Crippen LogP contribution in [0.25, 0.3) is 4.91 Å². The third-order valence-corrected chi connectivity index (χ3v) is 5.13. The van der Waals surface area contributed by atoms with E-state index in [4.69, 9.17) is 5.11 Å². The molecule has 2 aromatic rings. The number of carbonyl (C=O) groups excluding carboxylic acids is 1. The first-order chi connectivity index (χ1) is 13.0. The lowest BCUT2D eigenvalue weighted by Gasteiger charge is -2.22. The highest BCUT2D eigenvalue weighted by molar-refractivity contribution is 8.08. The van der Waals surface area contributed by atoms with Crippen molar-refractivity contribution in [1.82, 2.24) is 10.4 Å². The molecule has 1 aromatic heterocycles. The molecule has 4 rings (SSSR count). The summed E-state index contributed by atoms with van der Waals surface area (Å²) >= 11 is 1.40. The first kappa shape index (κ1) is 17.0. The van der Waals surface area contributed by atoms with Crippen molar-refractivity contribution in [2.24, 2.45) is 5.10 Å². The summed E-state index contributed by atoms with van der Waals surface area (Å²) in [6.45, 7) is 1.77. The number of thioether (sulfide) groups is 1. The molecular weight excluding hydrogens is 364 g/mol. The van der Waals surface area contributed by atoms with Gasteiger partial charge in [-0.1, -0.05) is 30.0 Å². The monoisotopic (exact) mass is 378 g/mol. The standard InChI is InChI=1S/C19H14N4O3S/c1-10-17(18(24)23-22-10)14-8-15(12-4-2-3-5-13(12)21-14)27-16-7-6-11(9-20-16)19(25)26/h2-9,21H,1H3,(H,23,24)(H,25,26). The van der Waals surface area contributed by atoms with Crippen LogP contribution in [0, 0.1) is 0 Å². The van der Waals surface area contributed by atoms with E-state index < -0.39 is 5.97 Å². The summed E-state index contributed by atoms with van der Waals surface area (Å²) in [5, 5.41) is 16.9. The summed E-state index contributed by atoms with van der Waals surface area (Å²) in [4.78, 5) is 28.2. The Bertz CT molecular complexity index is 1050. The number of nitrogens with zero attached hydrogens (tertiary/aromatic N) is 2. The van der Waals surface area contributed by atoms with E-state index in [-0.39, 0.29) is 11.5 Å². The maximum Gasteiger partial charge on any atom is 0.337 e. The summed E-state index contributed by atoms with van der Waals surface area (Å²) in [7, 11) is 0. The Balaban J connectivity index is 1.76. The molecule has 0 saturated carbocycles. The van der Waals surface area contributed by atoms with E-state index in [0.29, 0.717) is 22.0 Å². The average Bonchev–Trinajstić information content (AvgIpc) is 3.00. The van der Waals surface area contributed by atoms with Crippen LogP contribution >= 0.6 is 11.8 Å². The van der Waals surface area contributed by atoms with Gasteiger partial charge in [-0.05, 0) is 31.2 Å². The lowest BCUT2D eigenvalue weighted by atomic mass is 10.0. The fourth-order valence-corrected chi connectivity index (χ4v) is 3.76. The minimum absolute atomic E-state index is 0.135. The summed E-state index contributed by atoms with van der Waals surface area (Å²) in [5.41, 5.74) is 6.23. The first-order valence-corrected chi connectivity index (χ1v) is 8.89. The normalized spacial score (nSPS) is 18.2. The van der Waals surface area contributed by atoms with Crippen molar-refractivity contribution in [3.63, 3.8) is 0 Å². The lowest BCUT2D eigenvalue weighted by Crippen LogP contribution is -2.18. The number of benzene rings is 1. The van der Waals surface area contributed by atoms with Crippen molar-refractivity contribution in [2.75, 3.05) is 5.32 Å². The smallest absolute Gasteiger partial charge is 0.337 e. The number of carboxylic acid groups (broad SMARTS) is 1. The number of pyridine rings is 1. The van der Waals surface area contributed by atoms with Crippen molar-refractivity contribution in [1.29, 1.82) is 0 Å². The number of anilines is 1. The first-order valence-electron chi connectivity index (χ1n) is 8.07. The molecule has 2 aliphatic rings. The Morgan fingerprint density at radius 1 is 1.19 bits per heavy atom. The summed E-state index contributed by atoms with van der Waals surface area (Å²) in [5.74, 6) is -1.27. The molecule has 27 heavy (non-hydrogen) atoms. The molecule has 0 atom stereocenters. The number of hydrogen-bond acceptors (Lipinski definition) is 6. The highest BCUT2D eigenvalue weighted by Gasteiger charge is 2.26. The summed E-state index contributed by atoms with van der Waals surface area (Å²) < 4.78 is 0. The maximum absolute atomic E-state index is 12.1. The number of fused-ring (bicyclic) bond motifs is 1. The molecule has 0 radical (unpaired) electrons. The van der Waals surface area contributed by atoms with Crippen LogP contribution in [-0.2, 0) is 4.79 Å². The molecule has 8 heteroatoms. The van der Waals surface area contributed by atoms with Gasteiger partial charge in [0.2, 0.25) is 0 Å². The number of hydrazone groups is 1. The third kappa shape index (κ3) is 3.22. The molecule has 0 fully saturated rings. The zero-order valence-corrected chi connectivity index (χ0v) is 15.0. The number of para-hydroxylation sites is 1. The van der Waals surface area contributed by atoms with Crippen molar-refractivity contribution < 1.29 is 14.7 Å². The third-order valence-electron chi connectivity index (χ3n) is 4.12. The van der Waals surface area contributed by atoms with E-state index in [9.17, 15) is 9.59 Å². The second-order valence-corrected chi connectivity index (χ2v) is 6.96. The number of carboxylic acids is 1. The Morgan fingerprint density at radius 3 is 2.67 bits per heavy atom. The maximum atomic E-state index is 12.1. The van der Waals surface area contributed by atoms with Crippen LogP contribution in [0.15, 0.2) is 70.1 Å². The molecule has 134 valence electrons. The van der Waals surface area contributed by atoms with Gasteiger partial charge < -0.3 is 10.4 Å². The van der Waals surface area contributed by atoms with E-state index in [0.717, 1.165) is 16.2 Å². The van der Waals surface area contributed by atoms with Crippen LogP contribution in [-0.4, -0.2) is 27.7 Å². The molecule has 1 amide bonds. The van der Waals surface area contributed by atoms with E-state index in [1.807, 2.05) is 30.3 Å². The molecule has 0 bridgehead atoms. The Morgan fingerprint density at radius 2 is 2.00 bits per heavy atom. The second-order valence-electron chi connectivity index (χ2n) is 5.90. The Kier molecular flexibility index (Phi) is 4.25. The van der Waals surface area contributed by atoms with Crippen molar-refractivity contribution >= 4 is 39.9 Å². The number of nitrogens with one attached hydrogen (secondary N) is 2. The SMILES string of the molecule is CC1=NNC(=O)C1=C1C=C(Sc2ccc(C(=O)O)cn2)c2ccccc2N1. The highest BCUT2D eigenvalue weighted by Crippen LogP contribution is 2.41. The van der Waals surface area contributed by atoms with E-state index in [1.54, 1.807) is 13.0 Å². The Hall–Kier alpha value is -3.39. The van der Waals surface area contributed by atoms with Gasteiger partial charge >= 0.3 is 5.97 Å². The lowest BCUT2D eigenvalue weighted by molar-refractivity contribution is -0.116. The van der Waals surface area contributed by atoms with E-state index >= 15 is 0 Å². The van der Waals surface area contributed by atoms with Crippen molar-refractivity contribution in [2.45, 2.75) is 11.9 Å². The van der Waals surface area contributed by atoms with Gasteiger partial charge in [0.25, 0.3) is 5.91 Å². The van der Waals surface area contributed by atoms with Crippen LogP contribution in [0.5, 0.6) is 0 Å². The predicted octanol–water partition coefficient (Wildman–Crippen LogP) is 3.10. The summed E-state index contributed by atoms with van der Waals surface area (Å²) in [6, 6.07) is 10.9. The fourth-order valence-electron chi connectivity index (χ4n) is 2.82. The van der Waals surface area contributed by atoms with Crippen LogP contribution in [0.3, 0.4) is 0 Å². The van der Waals surface area contributed by atoms with Crippen LogP contribution < -0.4 is 10.7 Å². The van der Waals surface area contributed by atoms with Gasteiger partial charge in [-0.3, -0.25) is 4.79 Å². The highest BCUT2D eigenvalue weighted by atomic mass is 32.2. The molecule has 3 N–H and O–H groups in total. The topological polar surface area (TPSA) is 104 Å². The van der Waals surface area contributed by atoms with E-state index in [2.05, 4.69) is 20.8 Å². The quantitative estimate of drug-likeness (QED) is 0.709. The van der Waals surface area contributed by atoms with Gasteiger partial charge in [-0.25, -0.2) is 15.2 Å². The van der Waals surface area contributed by atoms with Gasteiger partial charge in [0.15, 0.2) is 0 Å². The zero-order valence-electron chi connectivity index (χ0n) is 14.2. The van der Waals surface area contributed by atoms with Gasteiger partial charge in [-0.15, -0.1) is 0 Å². The zero-order chi connectivity index (χ0) is 19.0. The van der Waals surface area contributed by atoms with Gasteiger partial charge in [0, 0.05) is 22.4 Å². The number of rotatable bonds is 3. The molecule has 2 aliphatic heterocycles. The number of amides is 1. The number of aromatic carboxylic acids is 1. The largest absolute Gasteiger partial charge is 0.478 e. The number of aromatic nitrogens is 1. The fraction of sp³-hybridized carbons (Fsp3) is 0.0526. The Labute approximate surface area is 158 Å². The van der Waals surface area contributed by atoms with Gasteiger partial charge in [-0.2, -0.15) is 5.10 Å². The van der Waals surface area contributed by atoms with E-state index in [1.165, 1.54) is 24.0 Å². The number of allylic oxidation sites excluding steroid dienone is 1. The molecule has 7 nitrogen and oxygen atoms in total. The molecule has 0 saturated heterocycles.